The van der Waals surface area contributed by atoms with Crippen LogP contribution in [0.3, 0.4) is 0 Å². The maximum absolute atomic E-state index is 12.6. The minimum absolute atomic E-state index is 0.0868. The second kappa shape index (κ2) is 2.66. The summed E-state index contributed by atoms with van der Waals surface area (Å²) < 4.78 is 12.6. The summed E-state index contributed by atoms with van der Waals surface area (Å²) in [6, 6.07) is 2.77. The van der Waals surface area contributed by atoms with Crippen molar-refractivity contribution in [2.24, 2.45) is 0 Å². The topological polar surface area (TPSA) is 30.0 Å². The number of halogens is 1. The van der Waals surface area contributed by atoms with Gasteiger partial charge in [-0.1, -0.05) is 0 Å². The van der Waals surface area contributed by atoms with Crippen molar-refractivity contribution in [3.05, 3.63) is 29.3 Å². The van der Waals surface area contributed by atoms with Gasteiger partial charge in [0.1, 0.15) is 0 Å². The van der Waals surface area contributed by atoms with Crippen molar-refractivity contribution in [3.8, 4) is 0 Å². The van der Waals surface area contributed by atoms with E-state index in [2.05, 4.69) is 4.98 Å². The number of carbonyl (C=O) groups excluding carboxylic acids is 1. The molecule has 2 rings (SSSR count). The summed E-state index contributed by atoms with van der Waals surface area (Å²) in [7, 11) is 0. The number of Topliss-reactive ketones (excluding diaryl/α,β-unsaturated/α-hetero) is 1. The largest absolute Gasteiger partial charge is 0.294 e. The molecule has 0 spiro atoms. The molecule has 1 aromatic heterocycles. The molecular weight excluding hydrogens is 157 g/mol. The average molecular weight is 165 g/mol. The van der Waals surface area contributed by atoms with E-state index in [4.69, 9.17) is 0 Å². The second-order valence-corrected chi connectivity index (χ2v) is 2.90. The van der Waals surface area contributed by atoms with Gasteiger partial charge in [-0.15, -0.1) is 0 Å². The second-order valence-electron chi connectivity index (χ2n) is 2.90. The molecule has 0 unspecified atom stereocenters. The molecule has 1 aliphatic carbocycles. The molecule has 0 atom stereocenters. The van der Waals surface area contributed by atoms with Crippen LogP contribution in [0.4, 0.5) is 4.39 Å². The molecule has 0 bridgehead atoms. The SMILES string of the molecule is O=C1CCCc2nc(F)ccc21. The number of rotatable bonds is 0. The first-order valence-corrected chi connectivity index (χ1v) is 3.96. The number of fused-ring (bicyclic) bond motifs is 1. The fraction of sp³-hybridized carbons (Fsp3) is 0.333. The zero-order valence-electron chi connectivity index (χ0n) is 6.51. The fourth-order valence-electron chi connectivity index (χ4n) is 1.47. The molecule has 0 aromatic carbocycles. The minimum Gasteiger partial charge on any atom is -0.294 e. The van der Waals surface area contributed by atoms with Gasteiger partial charge in [0.15, 0.2) is 5.78 Å². The highest BCUT2D eigenvalue weighted by atomic mass is 19.1. The Bertz CT molecular complexity index is 335. The van der Waals surface area contributed by atoms with E-state index in [0.29, 0.717) is 17.7 Å². The molecule has 1 heterocycles. The Labute approximate surface area is 69.4 Å². The number of ketones is 1. The lowest BCUT2D eigenvalue weighted by Gasteiger charge is -2.12. The highest BCUT2D eigenvalue weighted by molar-refractivity contribution is 5.97. The van der Waals surface area contributed by atoms with Crippen LogP contribution in [0.5, 0.6) is 0 Å². The molecular formula is C9H8FNO. The van der Waals surface area contributed by atoms with E-state index in [0.717, 1.165) is 12.8 Å². The number of carbonyl (C=O) groups is 1. The zero-order valence-corrected chi connectivity index (χ0v) is 6.51. The Hall–Kier alpha value is -1.25. The van der Waals surface area contributed by atoms with Crippen molar-refractivity contribution < 1.29 is 9.18 Å². The maximum atomic E-state index is 12.6. The number of pyridine rings is 1. The zero-order chi connectivity index (χ0) is 8.55. The summed E-state index contributed by atoms with van der Waals surface area (Å²) in [5.74, 6) is -0.410. The minimum atomic E-state index is -0.497. The Kier molecular flexibility index (Phi) is 1.64. The molecule has 0 saturated carbocycles. The van der Waals surface area contributed by atoms with Crippen LogP contribution in [-0.4, -0.2) is 10.8 Å². The Morgan fingerprint density at radius 3 is 3.00 bits per heavy atom. The molecule has 3 heteroatoms. The summed E-state index contributed by atoms with van der Waals surface area (Å²) >= 11 is 0. The van der Waals surface area contributed by atoms with Crippen molar-refractivity contribution >= 4 is 5.78 Å². The van der Waals surface area contributed by atoms with Gasteiger partial charge in [-0.25, -0.2) is 4.98 Å². The molecule has 0 radical (unpaired) electrons. The van der Waals surface area contributed by atoms with E-state index < -0.39 is 5.95 Å². The predicted octanol–water partition coefficient (Wildman–Crippen LogP) is 1.74. The lowest BCUT2D eigenvalue weighted by molar-refractivity contribution is 0.0971. The van der Waals surface area contributed by atoms with E-state index in [1.807, 2.05) is 0 Å². The van der Waals surface area contributed by atoms with E-state index in [-0.39, 0.29) is 5.78 Å². The van der Waals surface area contributed by atoms with Crippen LogP contribution in [0.15, 0.2) is 12.1 Å². The van der Waals surface area contributed by atoms with E-state index in [9.17, 15) is 9.18 Å². The van der Waals surface area contributed by atoms with Crippen LogP contribution in [0.25, 0.3) is 0 Å². The molecule has 0 saturated heterocycles. The number of nitrogens with zero attached hydrogens (tertiary/aromatic N) is 1. The van der Waals surface area contributed by atoms with Gasteiger partial charge in [0.25, 0.3) is 0 Å². The van der Waals surface area contributed by atoms with Crippen LogP contribution in [0, 0.1) is 5.95 Å². The predicted molar refractivity (Wildman–Crippen MR) is 41.5 cm³/mol. The highest BCUT2D eigenvalue weighted by Crippen LogP contribution is 2.18. The molecule has 0 N–H and O–H groups in total. The smallest absolute Gasteiger partial charge is 0.213 e. The van der Waals surface area contributed by atoms with Crippen LogP contribution in [-0.2, 0) is 6.42 Å². The quantitative estimate of drug-likeness (QED) is 0.548. The monoisotopic (exact) mass is 165 g/mol. The van der Waals surface area contributed by atoms with E-state index >= 15 is 0 Å². The summed E-state index contributed by atoms with van der Waals surface area (Å²) in [4.78, 5) is 14.9. The number of aryl methyl sites for hydroxylation is 1. The van der Waals surface area contributed by atoms with Gasteiger partial charge in [-0.2, -0.15) is 4.39 Å². The van der Waals surface area contributed by atoms with E-state index in [1.165, 1.54) is 12.1 Å². The molecule has 0 amide bonds. The van der Waals surface area contributed by atoms with Crippen LogP contribution in [0.2, 0.25) is 0 Å². The van der Waals surface area contributed by atoms with Crippen molar-refractivity contribution in [1.29, 1.82) is 0 Å². The van der Waals surface area contributed by atoms with Gasteiger partial charge in [0, 0.05) is 12.0 Å². The standard InChI is InChI=1S/C9H8FNO/c10-9-5-4-6-7(11-9)2-1-3-8(6)12/h4-5H,1-3H2. The molecule has 12 heavy (non-hydrogen) atoms. The number of hydrogen-bond donors (Lipinski definition) is 0. The third-order valence-corrected chi connectivity index (χ3v) is 2.06. The molecule has 0 aliphatic heterocycles. The Morgan fingerprint density at radius 1 is 1.33 bits per heavy atom. The molecule has 0 fully saturated rings. The first-order valence-electron chi connectivity index (χ1n) is 3.96. The van der Waals surface area contributed by atoms with Crippen LogP contribution < -0.4 is 0 Å². The maximum Gasteiger partial charge on any atom is 0.213 e. The molecule has 2 nitrogen and oxygen atoms in total. The van der Waals surface area contributed by atoms with E-state index in [1.54, 1.807) is 0 Å². The molecule has 1 aromatic rings. The number of aromatic nitrogens is 1. The fourth-order valence-corrected chi connectivity index (χ4v) is 1.47. The first-order chi connectivity index (χ1) is 5.77. The van der Waals surface area contributed by atoms with Crippen LogP contribution in [0.1, 0.15) is 28.9 Å². The van der Waals surface area contributed by atoms with Crippen molar-refractivity contribution in [3.63, 3.8) is 0 Å². The summed E-state index contributed by atoms with van der Waals surface area (Å²) in [6.45, 7) is 0. The Morgan fingerprint density at radius 2 is 2.17 bits per heavy atom. The first kappa shape index (κ1) is 7.40. The molecule has 1 aliphatic rings. The van der Waals surface area contributed by atoms with Gasteiger partial charge < -0.3 is 0 Å². The lowest BCUT2D eigenvalue weighted by Crippen LogP contribution is -2.12. The van der Waals surface area contributed by atoms with Gasteiger partial charge in [0.2, 0.25) is 5.95 Å². The van der Waals surface area contributed by atoms with Gasteiger partial charge >= 0.3 is 0 Å². The average Bonchev–Trinajstić information content (AvgIpc) is 2.04. The summed E-state index contributed by atoms with van der Waals surface area (Å²) in [5.41, 5.74) is 1.22. The third-order valence-electron chi connectivity index (χ3n) is 2.06. The summed E-state index contributed by atoms with van der Waals surface area (Å²) in [6.07, 6.45) is 2.08. The normalized spacial score (nSPS) is 15.9. The van der Waals surface area contributed by atoms with Crippen LogP contribution >= 0.6 is 0 Å². The summed E-state index contributed by atoms with van der Waals surface area (Å²) in [5, 5.41) is 0. The third kappa shape index (κ3) is 1.11. The highest BCUT2D eigenvalue weighted by Gasteiger charge is 2.17. The Balaban J connectivity index is 2.53. The lowest BCUT2D eigenvalue weighted by atomic mass is 9.95. The molecule has 62 valence electrons. The van der Waals surface area contributed by atoms with Gasteiger partial charge in [0.05, 0.1) is 5.69 Å². The van der Waals surface area contributed by atoms with Crippen molar-refractivity contribution in [1.82, 2.24) is 4.98 Å². The van der Waals surface area contributed by atoms with Gasteiger partial charge in [-0.05, 0) is 25.0 Å². The van der Waals surface area contributed by atoms with Crippen molar-refractivity contribution in [2.45, 2.75) is 19.3 Å². The van der Waals surface area contributed by atoms with Crippen molar-refractivity contribution in [2.75, 3.05) is 0 Å². The number of hydrogen-bond acceptors (Lipinski definition) is 2. The van der Waals surface area contributed by atoms with Gasteiger partial charge in [-0.3, -0.25) is 4.79 Å².